The molecular weight excluding hydrogens is 330 g/mol. The van der Waals surface area contributed by atoms with Crippen LogP contribution in [0.5, 0.6) is 0 Å². The zero-order valence-electron chi connectivity index (χ0n) is 12.0. The zero-order valence-corrected chi connectivity index (χ0v) is 12.0. The number of hydrogen-bond donors (Lipinski definition) is 0. The minimum atomic E-state index is -1.05. The van der Waals surface area contributed by atoms with Crippen molar-refractivity contribution >= 4 is 12.2 Å². The van der Waals surface area contributed by atoms with E-state index in [4.69, 9.17) is 0 Å². The molecule has 0 aliphatic carbocycles. The lowest BCUT2D eigenvalue weighted by atomic mass is 10.1. The molecule has 0 aromatic heterocycles. The molecule has 2 rings (SSSR count). The first-order valence-electron chi connectivity index (χ1n) is 6.69. The molecule has 0 spiro atoms. The molecule has 0 fully saturated rings. The number of hydrogen-bond acceptors (Lipinski definition) is 0. The standard InChI is InChI=1S/C18H10F6/c19-11-7-15(21)13(16(22)8-11)5-3-1-2-4-6-14-17(23)9-12(20)10-18(14)24/h1-10H/b2-1+,5-3+,6-4+. The molecule has 0 radical (unpaired) electrons. The fourth-order valence-electron chi connectivity index (χ4n) is 1.86. The maximum Gasteiger partial charge on any atom is 0.136 e. The van der Waals surface area contributed by atoms with Gasteiger partial charge in [0.2, 0.25) is 0 Å². The predicted molar refractivity (Wildman–Crippen MR) is 79.8 cm³/mol. The van der Waals surface area contributed by atoms with E-state index in [-0.39, 0.29) is 0 Å². The Kier molecular flexibility index (Phi) is 5.63. The molecule has 124 valence electrons. The highest BCUT2D eigenvalue weighted by Gasteiger charge is 2.08. The van der Waals surface area contributed by atoms with E-state index in [1.54, 1.807) is 0 Å². The van der Waals surface area contributed by atoms with E-state index < -0.39 is 46.0 Å². The summed E-state index contributed by atoms with van der Waals surface area (Å²) in [5.74, 6) is -6.26. The van der Waals surface area contributed by atoms with Crippen molar-refractivity contribution < 1.29 is 26.3 Å². The topological polar surface area (TPSA) is 0 Å². The first-order valence-corrected chi connectivity index (χ1v) is 6.69. The molecule has 0 saturated heterocycles. The van der Waals surface area contributed by atoms with Gasteiger partial charge in [-0.3, -0.25) is 0 Å². The summed E-state index contributed by atoms with van der Waals surface area (Å²) < 4.78 is 78.9. The Morgan fingerprint density at radius 3 is 1.04 bits per heavy atom. The molecule has 0 bridgehead atoms. The lowest BCUT2D eigenvalue weighted by molar-refractivity contribution is 0.539. The number of benzene rings is 2. The van der Waals surface area contributed by atoms with Gasteiger partial charge >= 0.3 is 0 Å². The van der Waals surface area contributed by atoms with Gasteiger partial charge in [0.15, 0.2) is 0 Å². The van der Waals surface area contributed by atoms with Gasteiger partial charge in [0.05, 0.1) is 0 Å². The fraction of sp³-hybridized carbons (Fsp3) is 0. The van der Waals surface area contributed by atoms with Crippen molar-refractivity contribution in [2.24, 2.45) is 0 Å². The summed E-state index contributed by atoms with van der Waals surface area (Å²) in [6.07, 6.45) is 7.37. The molecule has 0 amide bonds. The SMILES string of the molecule is Fc1cc(F)c(/C=C/C=C/C=C/c2c(F)cc(F)cc2F)c(F)c1. The van der Waals surface area contributed by atoms with Crippen LogP contribution in [-0.2, 0) is 0 Å². The average Bonchev–Trinajstić information content (AvgIpc) is 2.46. The highest BCUT2D eigenvalue weighted by Crippen LogP contribution is 2.17. The maximum atomic E-state index is 13.3. The van der Waals surface area contributed by atoms with Crippen LogP contribution in [0.3, 0.4) is 0 Å². The summed E-state index contributed by atoms with van der Waals surface area (Å²) in [7, 11) is 0. The van der Waals surface area contributed by atoms with Gasteiger partial charge in [0, 0.05) is 35.4 Å². The number of halogens is 6. The molecule has 0 unspecified atom stereocenters. The second-order valence-electron chi connectivity index (χ2n) is 4.67. The van der Waals surface area contributed by atoms with Crippen LogP contribution in [0.25, 0.3) is 12.2 Å². The van der Waals surface area contributed by atoms with Crippen LogP contribution in [-0.4, -0.2) is 0 Å². The van der Waals surface area contributed by atoms with Crippen LogP contribution in [0.1, 0.15) is 11.1 Å². The summed E-state index contributed by atoms with van der Waals surface area (Å²) in [6.45, 7) is 0. The summed E-state index contributed by atoms with van der Waals surface area (Å²) in [6, 6.07) is 2.19. The summed E-state index contributed by atoms with van der Waals surface area (Å²) in [5, 5.41) is 0. The van der Waals surface area contributed by atoms with E-state index in [1.807, 2.05) is 0 Å². The van der Waals surface area contributed by atoms with Gasteiger partial charge in [-0.25, -0.2) is 26.3 Å². The zero-order chi connectivity index (χ0) is 17.7. The lowest BCUT2D eigenvalue weighted by Crippen LogP contribution is -1.90. The molecule has 24 heavy (non-hydrogen) atoms. The van der Waals surface area contributed by atoms with E-state index in [0.717, 1.165) is 12.2 Å². The summed E-state index contributed by atoms with van der Waals surface area (Å²) in [5.41, 5.74) is -0.832. The number of allylic oxidation sites excluding steroid dienone is 4. The Labute approximate surface area is 134 Å². The van der Waals surface area contributed by atoms with E-state index in [1.165, 1.54) is 24.3 Å². The van der Waals surface area contributed by atoms with Crippen molar-refractivity contribution in [3.8, 4) is 0 Å². The Balaban J connectivity index is 2.08. The molecule has 6 heteroatoms. The van der Waals surface area contributed by atoms with Crippen molar-refractivity contribution in [1.82, 2.24) is 0 Å². The number of rotatable bonds is 4. The molecule has 0 aliphatic rings. The van der Waals surface area contributed by atoms with E-state index in [9.17, 15) is 26.3 Å². The maximum absolute atomic E-state index is 13.3. The Morgan fingerprint density at radius 1 is 0.458 bits per heavy atom. The van der Waals surface area contributed by atoms with Crippen LogP contribution in [0.4, 0.5) is 26.3 Å². The molecule has 0 saturated carbocycles. The molecule has 0 aliphatic heterocycles. The van der Waals surface area contributed by atoms with Gasteiger partial charge in [-0.2, -0.15) is 0 Å². The van der Waals surface area contributed by atoms with Gasteiger partial charge in [-0.1, -0.05) is 24.3 Å². The van der Waals surface area contributed by atoms with Crippen molar-refractivity contribution in [3.05, 3.63) is 94.6 Å². The molecule has 2 aromatic rings. The Morgan fingerprint density at radius 2 is 0.750 bits per heavy atom. The van der Waals surface area contributed by atoms with Gasteiger partial charge in [0.1, 0.15) is 34.9 Å². The molecule has 0 nitrogen and oxygen atoms in total. The smallest absolute Gasteiger partial charge is 0.136 e. The van der Waals surface area contributed by atoms with Crippen molar-refractivity contribution in [2.45, 2.75) is 0 Å². The van der Waals surface area contributed by atoms with Gasteiger partial charge in [0.25, 0.3) is 0 Å². The van der Waals surface area contributed by atoms with E-state index in [2.05, 4.69) is 0 Å². The predicted octanol–water partition coefficient (Wildman–Crippen LogP) is 5.80. The largest absolute Gasteiger partial charge is 0.207 e. The van der Waals surface area contributed by atoms with Crippen molar-refractivity contribution in [2.75, 3.05) is 0 Å². The Bertz CT molecular complexity index is 718. The quantitative estimate of drug-likeness (QED) is 0.487. The average molecular weight is 340 g/mol. The van der Waals surface area contributed by atoms with Gasteiger partial charge in [-0.15, -0.1) is 0 Å². The molecule has 0 heterocycles. The van der Waals surface area contributed by atoms with Gasteiger partial charge in [-0.05, 0) is 12.2 Å². The fourth-order valence-corrected chi connectivity index (χ4v) is 1.86. The molecular formula is C18H10F6. The first-order chi connectivity index (χ1) is 11.4. The van der Waals surface area contributed by atoms with E-state index in [0.29, 0.717) is 24.3 Å². The van der Waals surface area contributed by atoms with Crippen LogP contribution in [0, 0.1) is 34.9 Å². The molecule has 0 atom stereocenters. The minimum Gasteiger partial charge on any atom is -0.207 e. The van der Waals surface area contributed by atoms with Crippen LogP contribution < -0.4 is 0 Å². The second kappa shape index (κ2) is 7.68. The van der Waals surface area contributed by atoms with Crippen molar-refractivity contribution in [3.63, 3.8) is 0 Å². The third-order valence-electron chi connectivity index (χ3n) is 2.95. The first kappa shape index (κ1) is 17.6. The van der Waals surface area contributed by atoms with Crippen LogP contribution in [0.15, 0.2) is 48.6 Å². The van der Waals surface area contributed by atoms with E-state index >= 15 is 0 Å². The summed E-state index contributed by atoms with van der Waals surface area (Å²) in [4.78, 5) is 0. The summed E-state index contributed by atoms with van der Waals surface area (Å²) >= 11 is 0. The highest BCUT2D eigenvalue weighted by atomic mass is 19.2. The normalized spacial score (nSPS) is 12.1. The Hall–Kier alpha value is -2.76. The van der Waals surface area contributed by atoms with Crippen LogP contribution in [0.2, 0.25) is 0 Å². The third kappa shape index (κ3) is 4.38. The molecule has 2 aromatic carbocycles. The lowest BCUT2D eigenvalue weighted by Gasteiger charge is -1.99. The van der Waals surface area contributed by atoms with Gasteiger partial charge < -0.3 is 0 Å². The van der Waals surface area contributed by atoms with Crippen molar-refractivity contribution in [1.29, 1.82) is 0 Å². The minimum absolute atomic E-state index is 0.416. The second-order valence-corrected chi connectivity index (χ2v) is 4.67. The third-order valence-corrected chi connectivity index (χ3v) is 2.95. The monoisotopic (exact) mass is 340 g/mol. The molecule has 0 N–H and O–H groups in total. The highest BCUT2D eigenvalue weighted by molar-refractivity contribution is 5.55. The van der Waals surface area contributed by atoms with Crippen LogP contribution >= 0.6 is 0 Å².